The van der Waals surface area contributed by atoms with Gasteiger partial charge in [0.2, 0.25) is 0 Å². The Kier molecular flexibility index (Phi) is 4.46. The lowest BCUT2D eigenvalue weighted by Gasteiger charge is -2.19. The predicted octanol–water partition coefficient (Wildman–Crippen LogP) is 3.58. The molecule has 0 N–H and O–H groups in total. The standard InChI is InChI=1S/C17H21FN2O/c1-5-20-12(2)10-14(13(20)3)17(21)11-19(4)16-9-7-6-8-15(16)18/h6-10H,5,11H2,1-4H3. The van der Waals surface area contributed by atoms with Crippen molar-refractivity contribution in [3.8, 4) is 0 Å². The van der Waals surface area contributed by atoms with E-state index in [0.29, 0.717) is 5.69 Å². The molecule has 1 aromatic carbocycles. The third-order valence-electron chi connectivity index (χ3n) is 3.83. The van der Waals surface area contributed by atoms with E-state index in [9.17, 15) is 9.18 Å². The molecule has 2 rings (SSSR count). The SMILES string of the molecule is CCn1c(C)cc(C(=O)CN(C)c2ccccc2F)c1C. The molecule has 1 heterocycles. The Labute approximate surface area is 125 Å². The Hall–Kier alpha value is -2.10. The molecule has 2 aromatic rings. The number of para-hydroxylation sites is 1. The molecular weight excluding hydrogens is 267 g/mol. The molecule has 0 saturated heterocycles. The molecular formula is C17H21FN2O. The quantitative estimate of drug-likeness (QED) is 0.786. The fourth-order valence-electron chi connectivity index (χ4n) is 2.72. The molecule has 0 saturated carbocycles. The fourth-order valence-corrected chi connectivity index (χ4v) is 2.72. The van der Waals surface area contributed by atoms with E-state index in [4.69, 9.17) is 0 Å². The molecule has 0 aliphatic rings. The van der Waals surface area contributed by atoms with Crippen molar-refractivity contribution in [3.05, 3.63) is 53.1 Å². The number of carbonyl (C=O) groups excluding carboxylic acids is 1. The summed E-state index contributed by atoms with van der Waals surface area (Å²) in [4.78, 5) is 14.1. The molecule has 1 aromatic heterocycles. The van der Waals surface area contributed by atoms with Gasteiger partial charge in [0.1, 0.15) is 5.82 Å². The molecule has 0 unspecified atom stereocenters. The van der Waals surface area contributed by atoms with Gasteiger partial charge in [-0.15, -0.1) is 0 Å². The van der Waals surface area contributed by atoms with Crippen LogP contribution in [0.3, 0.4) is 0 Å². The van der Waals surface area contributed by atoms with E-state index >= 15 is 0 Å². The number of hydrogen-bond acceptors (Lipinski definition) is 2. The molecule has 0 aliphatic carbocycles. The number of anilines is 1. The van der Waals surface area contributed by atoms with Gasteiger partial charge in [-0.2, -0.15) is 0 Å². The topological polar surface area (TPSA) is 25.2 Å². The minimum absolute atomic E-state index is 0.00792. The van der Waals surface area contributed by atoms with Crippen LogP contribution >= 0.6 is 0 Å². The Morgan fingerprint density at radius 3 is 2.52 bits per heavy atom. The summed E-state index contributed by atoms with van der Waals surface area (Å²) < 4.78 is 15.8. The van der Waals surface area contributed by atoms with Gasteiger partial charge in [0.25, 0.3) is 0 Å². The zero-order valence-corrected chi connectivity index (χ0v) is 13.0. The van der Waals surface area contributed by atoms with Gasteiger partial charge in [0.05, 0.1) is 12.2 Å². The van der Waals surface area contributed by atoms with E-state index in [1.807, 2.05) is 19.9 Å². The van der Waals surface area contributed by atoms with Crippen LogP contribution in [0.15, 0.2) is 30.3 Å². The summed E-state index contributed by atoms with van der Waals surface area (Å²) in [7, 11) is 1.73. The van der Waals surface area contributed by atoms with Crippen LogP contribution in [0.4, 0.5) is 10.1 Å². The number of nitrogens with zero attached hydrogens (tertiary/aromatic N) is 2. The van der Waals surface area contributed by atoms with Gasteiger partial charge in [-0.3, -0.25) is 4.79 Å². The summed E-state index contributed by atoms with van der Waals surface area (Å²) in [5, 5.41) is 0. The maximum absolute atomic E-state index is 13.7. The molecule has 0 fully saturated rings. The molecule has 0 aliphatic heterocycles. The number of Topliss-reactive ketones (excluding diaryl/α,β-unsaturated/α-hetero) is 1. The molecule has 0 atom stereocenters. The van der Waals surface area contributed by atoms with Crippen LogP contribution in [-0.2, 0) is 6.54 Å². The minimum Gasteiger partial charge on any atom is -0.365 e. The van der Waals surface area contributed by atoms with E-state index in [2.05, 4.69) is 11.5 Å². The normalized spacial score (nSPS) is 10.7. The molecule has 112 valence electrons. The highest BCUT2D eigenvalue weighted by Crippen LogP contribution is 2.20. The van der Waals surface area contributed by atoms with Gasteiger partial charge in [0, 0.05) is 30.5 Å². The number of aromatic nitrogens is 1. The minimum atomic E-state index is -0.313. The van der Waals surface area contributed by atoms with Crippen LogP contribution in [0, 0.1) is 19.7 Å². The number of hydrogen-bond donors (Lipinski definition) is 0. The zero-order chi connectivity index (χ0) is 15.6. The van der Waals surface area contributed by atoms with Gasteiger partial charge in [-0.05, 0) is 39.0 Å². The maximum Gasteiger partial charge on any atom is 0.183 e. The summed E-state index contributed by atoms with van der Waals surface area (Å²) in [6.07, 6.45) is 0. The predicted molar refractivity (Wildman–Crippen MR) is 83.6 cm³/mol. The number of halogens is 1. The maximum atomic E-state index is 13.7. The largest absolute Gasteiger partial charge is 0.365 e. The molecule has 0 amide bonds. The zero-order valence-electron chi connectivity index (χ0n) is 13.0. The van der Waals surface area contributed by atoms with Crippen LogP contribution in [0.5, 0.6) is 0 Å². The van der Waals surface area contributed by atoms with Crippen molar-refractivity contribution in [3.63, 3.8) is 0 Å². The number of ketones is 1. The number of carbonyl (C=O) groups is 1. The highest BCUT2D eigenvalue weighted by molar-refractivity contribution is 6.00. The van der Waals surface area contributed by atoms with Crippen LogP contribution in [0.25, 0.3) is 0 Å². The van der Waals surface area contributed by atoms with E-state index < -0.39 is 0 Å². The number of likely N-dealkylation sites (N-methyl/N-ethyl adjacent to an activating group) is 1. The molecule has 0 radical (unpaired) electrons. The average molecular weight is 288 g/mol. The van der Waals surface area contributed by atoms with Gasteiger partial charge < -0.3 is 9.47 Å². The van der Waals surface area contributed by atoms with Crippen molar-refractivity contribution in [2.75, 3.05) is 18.5 Å². The van der Waals surface area contributed by atoms with Gasteiger partial charge in [-0.1, -0.05) is 12.1 Å². The average Bonchev–Trinajstić information content (AvgIpc) is 2.73. The van der Waals surface area contributed by atoms with E-state index in [1.54, 1.807) is 30.1 Å². The van der Waals surface area contributed by atoms with Crippen molar-refractivity contribution in [2.24, 2.45) is 0 Å². The first-order valence-corrected chi connectivity index (χ1v) is 7.11. The number of benzene rings is 1. The lowest BCUT2D eigenvalue weighted by Crippen LogP contribution is -2.26. The van der Waals surface area contributed by atoms with Crippen LogP contribution in [0.2, 0.25) is 0 Å². The second-order valence-electron chi connectivity index (χ2n) is 5.26. The highest BCUT2D eigenvalue weighted by atomic mass is 19.1. The van der Waals surface area contributed by atoms with Crippen LogP contribution < -0.4 is 4.90 Å². The molecule has 4 heteroatoms. The van der Waals surface area contributed by atoms with E-state index in [1.165, 1.54) is 6.07 Å². The van der Waals surface area contributed by atoms with Crippen LogP contribution in [-0.4, -0.2) is 23.9 Å². The monoisotopic (exact) mass is 288 g/mol. The summed E-state index contributed by atoms with van der Waals surface area (Å²) in [5.74, 6) is -0.305. The Morgan fingerprint density at radius 2 is 1.95 bits per heavy atom. The molecule has 0 spiro atoms. The Balaban J connectivity index is 2.21. The van der Waals surface area contributed by atoms with Crippen molar-refractivity contribution in [1.29, 1.82) is 0 Å². The lowest BCUT2D eigenvalue weighted by molar-refractivity contribution is 0.0999. The van der Waals surface area contributed by atoms with Crippen molar-refractivity contribution in [1.82, 2.24) is 4.57 Å². The molecule has 3 nitrogen and oxygen atoms in total. The smallest absolute Gasteiger partial charge is 0.183 e. The highest BCUT2D eigenvalue weighted by Gasteiger charge is 2.17. The molecule has 0 bridgehead atoms. The molecule has 21 heavy (non-hydrogen) atoms. The van der Waals surface area contributed by atoms with E-state index in [0.717, 1.165) is 23.5 Å². The number of rotatable bonds is 5. The fraction of sp³-hybridized carbons (Fsp3) is 0.353. The lowest BCUT2D eigenvalue weighted by atomic mass is 10.1. The summed E-state index contributed by atoms with van der Waals surface area (Å²) >= 11 is 0. The first kappa shape index (κ1) is 15.3. The summed E-state index contributed by atoms with van der Waals surface area (Å²) in [5.41, 5.74) is 3.21. The van der Waals surface area contributed by atoms with Crippen molar-refractivity contribution < 1.29 is 9.18 Å². The first-order chi connectivity index (χ1) is 9.95. The van der Waals surface area contributed by atoms with Crippen molar-refractivity contribution in [2.45, 2.75) is 27.3 Å². The van der Waals surface area contributed by atoms with Gasteiger partial charge in [-0.25, -0.2) is 4.39 Å². The van der Waals surface area contributed by atoms with Crippen molar-refractivity contribution >= 4 is 11.5 Å². The Bertz CT molecular complexity index is 661. The van der Waals surface area contributed by atoms with E-state index in [-0.39, 0.29) is 18.1 Å². The third kappa shape index (κ3) is 2.99. The van der Waals surface area contributed by atoms with Gasteiger partial charge in [0.15, 0.2) is 5.78 Å². The van der Waals surface area contributed by atoms with Gasteiger partial charge >= 0.3 is 0 Å². The third-order valence-corrected chi connectivity index (χ3v) is 3.83. The summed E-state index contributed by atoms with van der Waals surface area (Å²) in [6.45, 7) is 7.00. The van der Waals surface area contributed by atoms with Crippen LogP contribution in [0.1, 0.15) is 28.7 Å². The first-order valence-electron chi connectivity index (χ1n) is 7.11. The second-order valence-corrected chi connectivity index (χ2v) is 5.26. The second kappa shape index (κ2) is 6.12. The Morgan fingerprint density at radius 1 is 1.29 bits per heavy atom. The number of aryl methyl sites for hydroxylation is 1. The summed E-state index contributed by atoms with van der Waals surface area (Å²) in [6, 6.07) is 8.40.